The lowest BCUT2D eigenvalue weighted by Crippen LogP contribution is -2.38. The van der Waals surface area contributed by atoms with Crippen LogP contribution < -0.4 is 5.32 Å². The Morgan fingerprint density at radius 3 is 2.11 bits per heavy atom. The molecular weight excluding hydrogens is 438 g/mol. The molecular formula is C30H39NO4. The minimum Gasteiger partial charge on any atom is -0.480 e. The van der Waals surface area contributed by atoms with E-state index >= 15 is 0 Å². The van der Waals surface area contributed by atoms with Crippen LogP contribution in [0.25, 0.3) is 6.08 Å². The summed E-state index contributed by atoms with van der Waals surface area (Å²) in [5, 5.41) is 22.3. The molecule has 0 saturated heterocycles. The highest BCUT2D eigenvalue weighted by molar-refractivity contribution is 5.97. The van der Waals surface area contributed by atoms with Gasteiger partial charge in [0, 0.05) is 11.0 Å². The van der Waals surface area contributed by atoms with Crippen LogP contribution in [0.5, 0.6) is 0 Å². The van der Waals surface area contributed by atoms with Gasteiger partial charge in [-0.1, -0.05) is 69.2 Å². The molecule has 1 atom stereocenters. The predicted molar refractivity (Wildman–Crippen MR) is 141 cm³/mol. The van der Waals surface area contributed by atoms with Crippen LogP contribution in [0.4, 0.5) is 0 Å². The monoisotopic (exact) mass is 477 g/mol. The zero-order chi connectivity index (χ0) is 25.8. The standard InChI is InChI=1S/C30H39NO4/c1-6-30(7-2,25-12-13-26(21(4)19-25)27(32)31-22(5)28(33)34)24-11-10-23(20(3)18-24)14-17-29(35)15-8-9-16-29/h10-14,17-19,22,35H,6-9,15-16H2,1-5H3,(H,31,32)(H,33,34)/b17-14+. The quantitative estimate of drug-likeness (QED) is 0.418. The Hall–Kier alpha value is -2.92. The topological polar surface area (TPSA) is 86.6 Å². The molecule has 0 aliphatic heterocycles. The Kier molecular flexibility index (Phi) is 8.22. The van der Waals surface area contributed by atoms with Crippen LogP contribution in [0.1, 0.15) is 97.5 Å². The van der Waals surface area contributed by atoms with Crippen molar-refractivity contribution in [1.29, 1.82) is 0 Å². The number of rotatable bonds is 9. The van der Waals surface area contributed by atoms with Gasteiger partial charge in [0.25, 0.3) is 5.91 Å². The molecule has 1 saturated carbocycles. The average Bonchev–Trinajstić information content (AvgIpc) is 3.26. The number of carbonyl (C=O) groups excluding carboxylic acids is 1. The van der Waals surface area contributed by atoms with Gasteiger partial charge in [-0.05, 0) is 80.3 Å². The molecule has 0 heterocycles. The van der Waals surface area contributed by atoms with E-state index in [1.165, 1.54) is 18.1 Å². The lowest BCUT2D eigenvalue weighted by Gasteiger charge is -2.34. The van der Waals surface area contributed by atoms with Gasteiger partial charge >= 0.3 is 5.97 Å². The van der Waals surface area contributed by atoms with Gasteiger partial charge in [-0.3, -0.25) is 9.59 Å². The van der Waals surface area contributed by atoms with E-state index in [9.17, 15) is 14.7 Å². The zero-order valence-electron chi connectivity index (χ0n) is 21.6. The molecule has 0 radical (unpaired) electrons. The number of carboxylic acid groups (broad SMARTS) is 1. The first-order valence-electron chi connectivity index (χ1n) is 12.7. The summed E-state index contributed by atoms with van der Waals surface area (Å²) in [5.41, 5.74) is 5.10. The van der Waals surface area contributed by atoms with E-state index in [1.54, 1.807) is 6.07 Å². The van der Waals surface area contributed by atoms with Crippen molar-refractivity contribution in [3.8, 4) is 0 Å². The first-order valence-corrected chi connectivity index (χ1v) is 12.7. The van der Waals surface area contributed by atoms with Gasteiger partial charge in [0.05, 0.1) is 5.60 Å². The second kappa shape index (κ2) is 10.8. The maximum atomic E-state index is 12.6. The zero-order valence-corrected chi connectivity index (χ0v) is 21.6. The van der Waals surface area contributed by atoms with Crippen LogP contribution in [-0.2, 0) is 10.2 Å². The summed E-state index contributed by atoms with van der Waals surface area (Å²) >= 11 is 0. The van der Waals surface area contributed by atoms with Gasteiger partial charge in [0.2, 0.25) is 0 Å². The van der Waals surface area contributed by atoms with Crippen LogP contribution in [0.15, 0.2) is 42.5 Å². The number of aryl methyl sites for hydroxylation is 2. The number of aliphatic hydroxyl groups is 1. The Bertz CT molecular complexity index is 1110. The van der Waals surface area contributed by atoms with Gasteiger partial charge in [-0.25, -0.2) is 0 Å². The molecule has 2 aromatic rings. The molecule has 2 aromatic carbocycles. The van der Waals surface area contributed by atoms with E-state index < -0.39 is 17.6 Å². The van der Waals surface area contributed by atoms with E-state index in [1.807, 2.05) is 19.1 Å². The molecule has 188 valence electrons. The molecule has 1 aliphatic carbocycles. The van der Waals surface area contributed by atoms with Crippen molar-refractivity contribution in [3.63, 3.8) is 0 Å². The Labute approximate surface area is 209 Å². The fraction of sp³-hybridized carbons (Fsp3) is 0.467. The van der Waals surface area contributed by atoms with E-state index in [4.69, 9.17) is 5.11 Å². The molecule has 3 N–H and O–H groups in total. The second-order valence-corrected chi connectivity index (χ2v) is 10.1. The van der Waals surface area contributed by atoms with Crippen LogP contribution in [-0.4, -0.2) is 33.7 Å². The number of hydrogen-bond donors (Lipinski definition) is 3. The summed E-state index contributed by atoms with van der Waals surface area (Å²) in [5.74, 6) is -1.44. The van der Waals surface area contributed by atoms with E-state index in [0.717, 1.165) is 55.2 Å². The van der Waals surface area contributed by atoms with Crippen molar-refractivity contribution < 1.29 is 19.8 Å². The third kappa shape index (κ3) is 5.67. The SMILES string of the molecule is CCC(CC)(c1ccc(/C=C/C2(O)CCCC2)c(C)c1)c1ccc(C(=O)NC(C)C(=O)O)c(C)c1. The smallest absolute Gasteiger partial charge is 0.325 e. The third-order valence-corrected chi connectivity index (χ3v) is 7.81. The number of nitrogens with one attached hydrogen (secondary N) is 1. The second-order valence-electron chi connectivity index (χ2n) is 10.1. The number of amides is 1. The largest absolute Gasteiger partial charge is 0.480 e. The van der Waals surface area contributed by atoms with Gasteiger partial charge in [0.15, 0.2) is 0 Å². The molecule has 35 heavy (non-hydrogen) atoms. The molecule has 1 amide bonds. The molecule has 1 unspecified atom stereocenters. The molecule has 5 heteroatoms. The maximum Gasteiger partial charge on any atom is 0.325 e. The van der Waals surface area contributed by atoms with Crippen molar-refractivity contribution >= 4 is 18.0 Å². The molecule has 1 aliphatic rings. The Morgan fingerprint density at radius 1 is 1.03 bits per heavy atom. The van der Waals surface area contributed by atoms with Crippen molar-refractivity contribution in [1.82, 2.24) is 5.32 Å². The summed E-state index contributed by atoms with van der Waals surface area (Å²) in [6, 6.07) is 11.5. The number of benzene rings is 2. The van der Waals surface area contributed by atoms with Crippen LogP contribution >= 0.6 is 0 Å². The number of aliphatic carboxylic acids is 1. The van der Waals surface area contributed by atoms with Gasteiger partial charge in [0.1, 0.15) is 6.04 Å². The van der Waals surface area contributed by atoms with Gasteiger partial charge in [-0.2, -0.15) is 0 Å². The average molecular weight is 478 g/mol. The van der Waals surface area contributed by atoms with Crippen molar-refractivity contribution in [3.05, 3.63) is 75.9 Å². The summed E-state index contributed by atoms with van der Waals surface area (Å²) in [6.07, 6.45) is 9.64. The fourth-order valence-corrected chi connectivity index (χ4v) is 5.34. The lowest BCUT2D eigenvalue weighted by atomic mass is 9.69. The van der Waals surface area contributed by atoms with Crippen molar-refractivity contribution in [2.24, 2.45) is 0 Å². The van der Waals surface area contributed by atoms with Crippen molar-refractivity contribution in [2.45, 2.75) is 90.2 Å². The number of carbonyl (C=O) groups is 2. The first-order chi connectivity index (χ1) is 16.5. The molecule has 5 nitrogen and oxygen atoms in total. The van der Waals surface area contributed by atoms with E-state index in [0.29, 0.717) is 5.56 Å². The van der Waals surface area contributed by atoms with Crippen molar-refractivity contribution in [2.75, 3.05) is 0 Å². The summed E-state index contributed by atoms with van der Waals surface area (Å²) in [4.78, 5) is 23.7. The highest BCUT2D eigenvalue weighted by atomic mass is 16.4. The van der Waals surface area contributed by atoms with E-state index in [-0.39, 0.29) is 11.3 Å². The highest BCUT2D eigenvalue weighted by Crippen LogP contribution is 2.40. The fourth-order valence-electron chi connectivity index (χ4n) is 5.34. The molecule has 3 rings (SSSR count). The summed E-state index contributed by atoms with van der Waals surface area (Å²) in [7, 11) is 0. The molecule has 0 spiro atoms. The van der Waals surface area contributed by atoms with Gasteiger partial charge in [-0.15, -0.1) is 0 Å². The van der Waals surface area contributed by atoms with Crippen LogP contribution in [0.3, 0.4) is 0 Å². The third-order valence-electron chi connectivity index (χ3n) is 7.81. The number of hydrogen-bond acceptors (Lipinski definition) is 3. The normalized spacial score (nSPS) is 16.4. The molecule has 0 bridgehead atoms. The van der Waals surface area contributed by atoms with Crippen LogP contribution in [0.2, 0.25) is 0 Å². The highest BCUT2D eigenvalue weighted by Gasteiger charge is 2.32. The lowest BCUT2D eigenvalue weighted by molar-refractivity contribution is -0.138. The summed E-state index contributed by atoms with van der Waals surface area (Å²) < 4.78 is 0. The van der Waals surface area contributed by atoms with Gasteiger partial charge < -0.3 is 15.5 Å². The Morgan fingerprint density at radius 2 is 1.60 bits per heavy atom. The maximum absolute atomic E-state index is 12.6. The number of carboxylic acids is 1. The summed E-state index contributed by atoms with van der Waals surface area (Å²) in [6.45, 7) is 9.84. The molecule has 1 fully saturated rings. The first kappa shape index (κ1) is 26.7. The minimum atomic E-state index is -1.06. The minimum absolute atomic E-state index is 0.204. The molecule has 0 aromatic heterocycles. The van der Waals surface area contributed by atoms with E-state index in [2.05, 4.69) is 56.4 Å². The predicted octanol–water partition coefficient (Wildman–Crippen LogP) is 5.93. The Balaban J connectivity index is 1.92. The van der Waals surface area contributed by atoms with Crippen LogP contribution in [0, 0.1) is 13.8 Å².